The van der Waals surface area contributed by atoms with Crippen LogP contribution in [0.3, 0.4) is 0 Å². The summed E-state index contributed by atoms with van der Waals surface area (Å²) in [5.41, 5.74) is 1.30. The topological polar surface area (TPSA) is 44.4 Å². The lowest BCUT2D eigenvalue weighted by molar-refractivity contribution is -0.119. The summed E-state index contributed by atoms with van der Waals surface area (Å²) in [6, 6.07) is 0.764. The highest BCUT2D eigenvalue weighted by Gasteiger charge is 2.22. The van der Waals surface area contributed by atoms with Crippen molar-refractivity contribution in [3.63, 3.8) is 0 Å². The Morgan fingerprint density at radius 1 is 1.26 bits per heavy atom. The van der Waals surface area contributed by atoms with Gasteiger partial charge in [-0.05, 0) is 50.3 Å². The van der Waals surface area contributed by atoms with Crippen LogP contribution in [0.2, 0.25) is 0 Å². The van der Waals surface area contributed by atoms with Crippen molar-refractivity contribution in [3.8, 4) is 0 Å². The van der Waals surface area contributed by atoms with Crippen LogP contribution < -0.4 is 10.6 Å². The second-order valence-corrected chi connectivity index (χ2v) is 6.06. The Hall–Kier alpha value is -0.870. The molecule has 19 heavy (non-hydrogen) atoms. The van der Waals surface area contributed by atoms with E-state index < -0.39 is 0 Å². The molecule has 0 aromatic rings. The first-order valence-corrected chi connectivity index (χ1v) is 7.50. The molecule has 1 amide bonds. The predicted octanol–water partition coefficient (Wildman–Crippen LogP) is 1.14. The van der Waals surface area contributed by atoms with Crippen LogP contribution in [0, 0.1) is 5.92 Å². The van der Waals surface area contributed by atoms with E-state index in [2.05, 4.69) is 22.1 Å². The SMILES string of the molecule is C=C(CNC1CC1)CN1CCC(CNC(C)=O)CC1. The molecule has 1 saturated heterocycles. The monoisotopic (exact) mass is 265 g/mol. The molecule has 1 saturated carbocycles. The predicted molar refractivity (Wildman–Crippen MR) is 78.0 cm³/mol. The maximum Gasteiger partial charge on any atom is 0.216 e. The molecule has 2 rings (SSSR count). The molecule has 0 aromatic heterocycles. The van der Waals surface area contributed by atoms with Gasteiger partial charge in [0.2, 0.25) is 5.91 Å². The van der Waals surface area contributed by atoms with Crippen molar-refractivity contribution in [1.82, 2.24) is 15.5 Å². The molecule has 4 heteroatoms. The number of carbonyl (C=O) groups is 1. The van der Waals surface area contributed by atoms with Crippen molar-refractivity contribution >= 4 is 5.91 Å². The van der Waals surface area contributed by atoms with Crippen LogP contribution in [0.1, 0.15) is 32.6 Å². The fraction of sp³-hybridized carbons (Fsp3) is 0.800. The molecule has 2 aliphatic rings. The summed E-state index contributed by atoms with van der Waals surface area (Å²) < 4.78 is 0. The molecule has 0 atom stereocenters. The standard InChI is InChI=1S/C15H27N3O/c1-12(9-17-15-3-4-15)11-18-7-5-14(6-8-18)10-16-13(2)19/h14-15,17H,1,3-11H2,2H3,(H,16,19). The van der Waals surface area contributed by atoms with Gasteiger partial charge in [-0.15, -0.1) is 0 Å². The molecule has 0 aromatic carbocycles. The largest absolute Gasteiger partial charge is 0.356 e. The molecule has 1 heterocycles. The van der Waals surface area contributed by atoms with Crippen molar-refractivity contribution in [3.05, 3.63) is 12.2 Å². The Bertz CT molecular complexity index is 317. The summed E-state index contributed by atoms with van der Waals surface area (Å²) in [5, 5.41) is 6.44. The first-order valence-electron chi connectivity index (χ1n) is 7.50. The van der Waals surface area contributed by atoms with Crippen molar-refractivity contribution < 1.29 is 4.79 Å². The van der Waals surface area contributed by atoms with E-state index >= 15 is 0 Å². The highest BCUT2D eigenvalue weighted by Crippen LogP contribution is 2.19. The molecule has 1 aliphatic heterocycles. The first-order chi connectivity index (χ1) is 9.13. The summed E-state index contributed by atoms with van der Waals surface area (Å²) in [5.74, 6) is 0.736. The van der Waals surface area contributed by atoms with Gasteiger partial charge < -0.3 is 10.6 Å². The van der Waals surface area contributed by atoms with Crippen LogP contribution in [0.25, 0.3) is 0 Å². The molecule has 0 bridgehead atoms. The number of nitrogens with zero attached hydrogens (tertiary/aromatic N) is 1. The number of amides is 1. The van der Waals surface area contributed by atoms with Crippen LogP contribution in [-0.2, 0) is 4.79 Å². The van der Waals surface area contributed by atoms with Crippen molar-refractivity contribution in [2.75, 3.05) is 32.7 Å². The minimum atomic E-state index is 0.0851. The summed E-state index contributed by atoms with van der Waals surface area (Å²) >= 11 is 0. The van der Waals surface area contributed by atoms with E-state index in [1.54, 1.807) is 6.92 Å². The van der Waals surface area contributed by atoms with Crippen molar-refractivity contribution in [2.45, 2.75) is 38.6 Å². The Kier molecular flexibility index (Phi) is 5.40. The summed E-state index contributed by atoms with van der Waals surface area (Å²) in [7, 11) is 0. The van der Waals surface area contributed by atoms with E-state index in [0.29, 0.717) is 5.92 Å². The number of rotatable bonds is 7. The van der Waals surface area contributed by atoms with Crippen molar-refractivity contribution in [1.29, 1.82) is 0 Å². The molecule has 108 valence electrons. The lowest BCUT2D eigenvalue weighted by Gasteiger charge is -2.32. The summed E-state index contributed by atoms with van der Waals surface area (Å²) in [4.78, 5) is 13.4. The van der Waals surface area contributed by atoms with Gasteiger partial charge >= 0.3 is 0 Å². The van der Waals surface area contributed by atoms with Gasteiger partial charge in [-0.25, -0.2) is 0 Å². The van der Waals surface area contributed by atoms with Gasteiger partial charge in [-0.3, -0.25) is 9.69 Å². The molecule has 2 fully saturated rings. The van der Waals surface area contributed by atoms with Crippen LogP contribution in [0.15, 0.2) is 12.2 Å². The Morgan fingerprint density at radius 2 is 1.95 bits per heavy atom. The van der Waals surface area contributed by atoms with Crippen LogP contribution in [0.5, 0.6) is 0 Å². The van der Waals surface area contributed by atoms with Gasteiger partial charge in [0, 0.05) is 32.6 Å². The molecule has 0 spiro atoms. The second kappa shape index (κ2) is 7.06. The zero-order valence-electron chi connectivity index (χ0n) is 12.1. The van der Waals surface area contributed by atoms with Gasteiger partial charge in [0.25, 0.3) is 0 Å². The zero-order valence-corrected chi connectivity index (χ0v) is 12.1. The third kappa shape index (κ3) is 5.74. The third-order valence-electron chi connectivity index (χ3n) is 4.01. The van der Waals surface area contributed by atoms with Gasteiger partial charge in [-0.2, -0.15) is 0 Å². The number of hydrogen-bond acceptors (Lipinski definition) is 3. The van der Waals surface area contributed by atoms with E-state index in [1.807, 2.05) is 0 Å². The van der Waals surface area contributed by atoms with Gasteiger partial charge in [-0.1, -0.05) is 6.58 Å². The zero-order chi connectivity index (χ0) is 13.7. The van der Waals surface area contributed by atoms with E-state index in [1.165, 1.54) is 31.3 Å². The maximum atomic E-state index is 10.9. The van der Waals surface area contributed by atoms with E-state index in [9.17, 15) is 4.79 Å². The molecule has 4 nitrogen and oxygen atoms in total. The van der Waals surface area contributed by atoms with Crippen LogP contribution >= 0.6 is 0 Å². The Labute approximate surface area is 116 Å². The number of carbonyl (C=O) groups excluding carboxylic acids is 1. The Morgan fingerprint density at radius 3 is 2.53 bits per heavy atom. The van der Waals surface area contributed by atoms with E-state index in [-0.39, 0.29) is 5.91 Å². The molecular weight excluding hydrogens is 238 g/mol. The normalized spacial score (nSPS) is 21.3. The molecule has 0 radical (unpaired) electrons. The highest BCUT2D eigenvalue weighted by molar-refractivity contribution is 5.72. The number of piperidine rings is 1. The minimum absolute atomic E-state index is 0.0851. The molecule has 2 N–H and O–H groups in total. The quantitative estimate of drug-likeness (QED) is 0.679. The fourth-order valence-electron chi connectivity index (χ4n) is 2.59. The van der Waals surface area contributed by atoms with E-state index in [4.69, 9.17) is 0 Å². The molecule has 0 unspecified atom stereocenters. The van der Waals surface area contributed by atoms with Crippen molar-refractivity contribution in [2.24, 2.45) is 5.92 Å². The van der Waals surface area contributed by atoms with Gasteiger partial charge in [0.1, 0.15) is 0 Å². The second-order valence-electron chi connectivity index (χ2n) is 6.06. The van der Waals surface area contributed by atoms with Crippen LogP contribution in [-0.4, -0.2) is 49.6 Å². The Balaban J connectivity index is 1.56. The third-order valence-corrected chi connectivity index (χ3v) is 4.01. The maximum absolute atomic E-state index is 10.9. The molecular formula is C15H27N3O. The number of hydrogen-bond donors (Lipinski definition) is 2. The first kappa shape index (κ1) is 14.5. The average molecular weight is 265 g/mol. The van der Waals surface area contributed by atoms with Gasteiger partial charge in [0.05, 0.1) is 0 Å². The number of nitrogens with one attached hydrogen (secondary N) is 2. The average Bonchev–Trinajstić information content (AvgIpc) is 3.19. The smallest absolute Gasteiger partial charge is 0.216 e. The fourth-order valence-corrected chi connectivity index (χ4v) is 2.59. The lowest BCUT2D eigenvalue weighted by atomic mass is 9.96. The van der Waals surface area contributed by atoms with Crippen LogP contribution in [0.4, 0.5) is 0 Å². The summed E-state index contributed by atoms with van der Waals surface area (Å²) in [6.45, 7) is 10.8. The minimum Gasteiger partial charge on any atom is -0.356 e. The van der Waals surface area contributed by atoms with Gasteiger partial charge in [0.15, 0.2) is 0 Å². The van der Waals surface area contributed by atoms with E-state index in [0.717, 1.165) is 38.8 Å². The lowest BCUT2D eigenvalue weighted by Crippen LogP contribution is -2.39. The highest BCUT2D eigenvalue weighted by atomic mass is 16.1. The number of likely N-dealkylation sites (tertiary alicyclic amines) is 1. The summed E-state index contributed by atoms with van der Waals surface area (Å²) in [6.07, 6.45) is 5.04. The molecule has 1 aliphatic carbocycles.